The molecule has 0 atom stereocenters. The second-order valence-electron chi connectivity index (χ2n) is 8.57. The van der Waals surface area contributed by atoms with Gasteiger partial charge in [0.05, 0.1) is 12.4 Å². The summed E-state index contributed by atoms with van der Waals surface area (Å²) < 4.78 is 48.7. The maximum Gasteiger partial charge on any atom is 0.215 e. The molecule has 0 aromatic heterocycles. The van der Waals surface area contributed by atoms with Gasteiger partial charge < -0.3 is 4.74 Å². The van der Waals surface area contributed by atoms with E-state index >= 15 is 0 Å². The summed E-state index contributed by atoms with van der Waals surface area (Å²) in [6, 6.07) is 20.2. The molecule has 0 N–H and O–H groups in total. The Kier molecular flexibility index (Phi) is 5.74. The van der Waals surface area contributed by atoms with Gasteiger partial charge in [-0.05, 0) is 53.6 Å². The highest BCUT2D eigenvalue weighted by Crippen LogP contribution is 2.30. The van der Waals surface area contributed by atoms with Crippen LogP contribution in [-0.4, -0.2) is 31.1 Å². The average Bonchev–Trinajstić information content (AvgIpc) is 3.43. The highest BCUT2D eigenvalue weighted by Gasteiger charge is 2.34. The summed E-state index contributed by atoms with van der Waals surface area (Å²) in [4.78, 5) is 0. The number of aryl methyl sites for hydroxylation is 1. The number of sulfonamides is 1. The third-order valence-electron chi connectivity index (χ3n) is 6.48. The Labute approximate surface area is 188 Å². The van der Waals surface area contributed by atoms with Crippen molar-refractivity contribution in [2.45, 2.75) is 38.3 Å². The van der Waals surface area contributed by atoms with E-state index in [-0.39, 0.29) is 24.2 Å². The molecule has 3 aromatic carbocycles. The van der Waals surface area contributed by atoms with Crippen LogP contribution in [-0.2, 0) is 42.3 Å². The summed E-state index contributed by atoms with van der Waals surface area (Å²) in [5.74, 6) is 0.511. The first-order valence-corrected chi connectivity index (χ1v) is 12.6. The minimum absolute atomic E-state index is 0.00601. The summed E-state index contributed by atoms with van der Waals surface area (Å²) in [6.07, 6.45) is 2.58. The van der Waals surface area contributed by atoms with Gasteiger partial charge in [0.25, 0.3) is 0 Å². The van der Waals surface area contributed by atoms with E-state index in [9.17, 15) is 12.8 Å². The average molecular weight is 452 g/mol. The molecule has 0 amide bonds. The molecular formula is C26H26FNO3S. The zero-order valence-corrected chi connectivity index (χ0v) is 18.7. The molecule has 6 heteroatoms. The second-order valence-corrected chi connectivity index (χ2v) is 10.6. The molecule has 1 aliphatic heterocycles. The summed E-state index contributed by atoms with van der Waals surface area (Å²) >= 11 is 0. The Hall–Kier alpha value is -2.70. The van der Waals surface area contributed by atoms with Gasteiger partial charge in [-0.3, -0.25) is 0 Å². The van der Waals surface area contributed by atoms with Gasteiger partial charge in [-0.25, -0.2) is 12.8 Å². The fourth-order valence-corrected chi connectivity index (χ4v) is 6.42. The van der Waals surface area contributed by atoms with E-state index in [0.717, 1.165) is 23.3 Å². The summed E-state index contributed by atoms with van der Waals surface area (Å²) in [7, 11) is -3.62. The van der Waals surface area contributed by atoms with Gasteiger partial charge in [-0.2, -0.15) is 4.31 Å². The first-order chi connectivity index (χ1) is 15.5. The summed E-state index contributed by atoms with van der Waals surface area (Å²) in [6.45, 7) is 0.724. The Morgan fingerprint density at radius 2 is 1.66 bits per heavy atom. The molecule has 0 unspecified atom stereocenters. The van der Waals surface area contributed by atoms with Gasteiger partial charge in [0.1, 0.15) is 11.6 Å². The van der Waals surface area contributed by atoms with Crippen molar-refractivity contribution in [1.29, 1.82) is 0 Å². The lowest BCUT2D eigenvalue weighted by Gasteiger charge is -2.28. The van der Waals surface area contributed by atoms with Crippen molar-refractivity contribution >= 4 is 10.0 Å². The van der Waals surface area contributed by atoms with Crippen LogP contribution >= 0.6 is 0 Å². The van der Waals surface area contributed by atoms with Gasteiger partial charge in [0, 0.05) is 24.6 Å². The van der Waals surface area contributed by atoms with Crippen LogP contribution in [0.2, 0.25) is 0 Å². The fraction of sp³-hybridized carbons (Fsp3) is 0.308. The number of ether oxygens (including phenoxy) is 1. The van der Waals surface area contributed by atoms with E-state index < -0.39 is 10.0 Å². The van der Waals surface area contributed by atoms with Crippen molar-refractivity contribution < 1.29 is 17.5 Å². The smallest absolute Gasteiger partial charge is 0.215 e. The molecule has 5 rings (SSSR count). The number of fused-ring (bicyclic) bond motifs is 2. The number of hydrogen-bond donors (Lipinski definition) is 0. The Bertz CT molecular complexity index is 1220. The van der Waals surface area contributed by atoms with Crippen LogP contribution < -0.4 is 4.74 Å². The standard InChI is InChI=1S/C26H26FNO3S/c27-25-8-4-3-7-23(25)18-28(24-16-20-5-1-2-6-21(20)17-24)32(29,30)14-12-19-9-10-26-22(15-19)11-13-31-26/h1-10,15,24H,11-14,16-18H2. The van der Waals surface area contributed by atoms with Crippen molar-refractivity contribution in [2.75, 3.05) is 12.4 Å². The highest BCUT2D eigenvalue weighted by atomic mass is 32.2. The largest absolute Gasteiger partial charge is 0.493 e. The zero-order chi connectivity index (χ0) is 22.1. The van der Waals surface area contributed by atoms with E-state index in [1.807, 2.05) is 30.3 Å². The maximum atomic E-state index is 14.4. The Morgan fingerprint density at radius 1 is 0.938 bits per heavy atom. The maximum absolute atomic E-state index is 14.4. The van der Waals surface area contributed by atoms with Crippen LogP contribution in [0.4, 0.5) is 4.39 Å². The summed E-state index contributed by atoms with van der Waals surface area (Å²) in [5, 5.41) is 0. The third kappa shape index (κ3) is 4.30. The number of halogens is 1. The normalized spacial score (nSPS) is 15.6. The number of hydrogen-bond acceptors (Lipinski definition) is 3. The van der Waals surface area contributed by atoms with Crippen LogP contribution in [0.25, 0.3) is 0 Å². The molecule has 0 fully saturated rings. The number of nitrogens with zero attached hydrogens (tertiary/aromatic N) is 1. The molecule has 2 aliphatic rings. The lowest BCUT2D eigenvalue weighted by atomic mass is 10.1. The Balaban J connectivity index is 1.39. The molecule has 0 spiro atoms. The topological polar surface area (TPSA) is 46.6 Å². The number of benzene rings is 3. The number of rotatable bonds is 7. The third-order valence-corrected chi connectivity index (χ3v) is 8.34. The van der Waals surface area contributed by atoms with E-state index in [0.29, 0.717) is 31.4 Å². The quantitative estimate of drug-likeness (QED) is 0.538. The first kappa shape index (κ1) is 21.2. The van der Waals surface area contributed by atoms with Crippen LogP contribution in [0.5, 0.6) is 5.75 Å². The van der Waals surface area contributed by atoms with Crippen molar-refractivity contribution in [2.24, 2.45) is 0 Å². The van der Waals surface area contributed by atoms with Gasteiger partial charge in [0.15, 0.2) is 0 Å². The Morgan fingerprint density at radius 3 is 2.41 bits per heavy atom. The summed E-state index contributed by atoms with van der Waals surface area (Å²) in [5.41, 5.74) is 4.86. The first-order valence-electron chi connectivity index (χ1n) is 11.0. The van der Waals surface area contributed by atoms with Crippen LogP contribution in [0.15, 0.2) is 66.7 Å². The van der Waals surface area contributed by atoms with E-state index in [4.69, 9.17) is 4.74 Å². The molecule has 1 aliphatic carbocycles. The molecule has 1 heterocycles. The van der Waals surface area contributed by atoms with Gasteiger partial charge >= 0.3 is 0 Å². The predicted molar refractivity (Wildman–Crippen MR) is 123 cm³/mol. The zero-order valence-electron chi connectivity index (χ0n) is 17.8. The lowest BCUT2D eigenvalue weighted by Crippen LogP contribution is -2.42. The van der Waals surface area contributed by atoms with Gasteiger partial charge in [-0.15, -0.1) is 0 Å². The van der Waals surface area contributed by atoms with E-state index in [1.54, 1.807) is 18.2 Å². The molecule has 4 nitrogen and oxygen atoms in total. The lowest BCUT2D eigenvalue weighted by molar-refractivity contribution is 0.316. The molecule has 0 radical (unpaired) electrons. The van der Waals surface area contributed by atoms with Crippen molar-refractivity contribution in [1.82, 2.24) is 4.31 Å². The van der Waals surface area contributed by atoms with Crippen LogP contribution in [0.1, 0.15) is 27.8 Å². The minimum atomic E-state index is -3.62. The van der Waals surface area contributed by atoms with E-state index in [1.165, 1.54) is 21.5 Å². The highest BCUT2D eigenvalue weighted by molar-refractivity contribution is 7.89. The molecule has 166 valence electrons. The SMILES string of the molecule is O=S(=O)(CCc1ccc2c(c1)CCO2)N(Cc1ccccc1F)C1Cc2ccccc2C1. The molecule has 0 bridgehead atoms. The van der Waals surface area contributed by atoms with Gasteiger partial charge in [-0.1, -0.05) is 54.6 Å². The molecule has 0 saturated carbocycles. The van der Waals surface area contributed by atoms with Crippen molar-refractivity contribution in [3.05, 3.63) is 100 Å². The molecule has 0 saturated heterocycles. The van der Waals surface area contributed by atoms with E-state index in [2.05, 4.69) is 12.1 Å². The second kappa shape index (κ2) is 8.68. The van der Waals surface area contributed by atoms with Crippen LogP contribution in [0, 0.1) is 5.82 Å². The molecule has 32 heavy (non-hydrogen) atoms. The van der Waals surface area contributed by atoms with Crippen molar-refractivity contribution in [3.63, 3.8) is 0 Å². The van der Waals surface area contributed by atoms with Crippen LogP contribution in [0.3, 0.4) is 0 Å². The predicted octanol–water partition coefficient (Wildman–Crippen LogP) is 4.30. The minimum Gasteiger partial charge on any atom is -0.493 e. The monoisotopic (exact) mass is 451 g/mol. The van der Waals surface area contributed by atoms with Gasteiger partial charge in [0.2, 0.25) is 10.0 Å². The molecular weight excluding hydrogens is 425 g/mol. The fourth-order valence-electron chi connectivity index (χ4n) is 4.75. The molecule has 3 aromatic rings. The van der Waals surface area contributed by atoms with Crippen molar-refractivity contribution in [3.8, 4) is 5.75 Å².